The Morgan fingerprint density at radius 2 is 2.00 bits per heavy atom. The maximum absolute atomic E-state index is 12.0. The van der Waals surface area contributed by atoms with E-state index in [2.05, 4.69) is 26.2 Å². The lowest BCUT2D eigenvalue weighted by Crippen LogP contribution is -2.12. The second-order valence-electron chi connectivity index (χ2n) is 4.12. The molecule has 1 amide bonds. The molecule has 1 aromatic heterocycles. The molecule has 0 atom stereocenters. The third-order valence-electron chi connectivity index (χ3n) is 2.51. The number of anilines is 1. The number of carbonyl (C=O) groups excluding carboxylic acids is 1. The molecule has 2 aromatic rings. The Morgan fingerprint density at radius 3 is 2.65 bits per heavy atom. The summed E-state index contributed by atoms with van der Waals surface area (Å²) in [5.41, 5.74) is 0.850. The van der Waals surface area contributed by atoms with E-state index in [0.29, 0.717) is 15.9 Å². The first kappa shape index (κ1) is 14.7. The maximum Gasteiger partial charge on any atom is 0.255 e. The summed E-state index contributed by atoms with van der Waals surface area (Å²) >= 11 is 3.18. The zero-order valence-electron chi connectivity index (χ0n) is 10.5. The summed E-state index contributed by atoms with van der Waals surface area (Å²) in [6.07, 6.45) is 2.62. The minimum atomic E-state index is -3.30. The van der Waals surface area contributed by atoms with Gasteiger partial charge >= 0.3 is 0 Å². The quantitative estimate of drug-likeness (QED) is 0.859. The Bertz CT molecular complexity index is 760. The van der Waals surface area contributed by atoms with Crippen molar-refractivity contribution in [2.24, 2.45) is 0 Å². The Labute approximate surface area is 125 Å². The van der Waals surface area contributed by atoms with Gasteiger partial charge in [0.25, 0.3) is 5.91 Å². The van der Waals surface area contributed by atoms with Crippen molar-refractivity contribution in [1.82, 2.24) is 4.98 Å². The van der Waals surface area contributed by atoms with E-state index >= 15 is 0 Å². The van der Waals surface area contributed by atoms with Crippen LogP contribution in [0.15, 0.2) is 52.1 Å². The zero-order chi connectivity index (χ0) is 14.8. The highest BCUT2D eigenvalue weighted by molar-refractivity contribution is 9.10. The van der Waals surface area contributed by atoms with Gasteiger partial charge in [0.15, 0.2) is 9.84 Å². The summed E-state index contributed by atoms with van der Waals surface area (Å²) in [4.78, 5) is 16.1. The molecule has 20 heavy (non-hydrogen) atoms. The molecular weight excluding hydrogens is 344 g/mol. The van der Waals surface area contributed by atoms with Crippen LogP contribution in [0.2, 0.25) is 0 Å². The van der Waals surface area contributed by atoms with Gasteiger partial charge in [-0.1, -0.05) is 6.07 Å². The number of nitrogens with zero attached hydrogens (tertiary/aromatic N) is 1. The van der Waals surface area contributed by atoms with Crippen LogP contribution in [-0.2, 0) is 9.84 Å². The smallest absolute Gasteiger partial charge is 0.255 e. The fourth-order valence-electron chi connectivity index (χ4n) is 1.55. The first-order chi connectivity index (χ1) is 9.36. The molecule has 1 heterocycles. The average molecular weight is 355 g/mol. The maximum atomic E-state index is 12.0. The molecule has 5 nitrogen and oxygen atoms in total. The largest absolute Gasteiger partial charge is 0.322 e. The topological polar surface area (TPSA) is 76.1 Å². The van der Waals surface area contributed by atoms with E-state index in [4.69, 9.17) is 0 Å². The number of aromatic nitrogens is 1. The summed E-state index contributed by atoms with van der Waals surface area (Å²) in [5, 5.41) is 2.65. The molecule has 0 aliphatic rings. The first-order valence-corrected chi connectivity index (χ1v) is 8.28. The van der Waals surface area contributed by atoms with E-state index in [1.54, 1.807) is 24.3 Å². The van der Waals surface area contributed by atoms with Gasteiger partial charge in [-0.05, 0) is 46.3 Å². The van der Waals surface area contributed by atoms with Gasteiger partial charge in [-0.2, -0.15) is 0 Å². The Morgan fingerprint density at radius 1 is 1.25 bits per heavy atom. The molecule has 0 radical (unpaired) electrons. The van der Waals surface area contributed by atoms with Crippen LogP contribution < -0.4 is 5.32 Å². The highest BCUT2D eigenvalue weighted by Gasteiger charge is 2.10. The van der Waals surface area contributed by atoms with Gasteiger partial charge in [-0.3, -0.25) is 4.79 Å². The van der Waals surface area contributed by atoms with Crippen molar-refractivity contribution in [1.29, 1.82) is 0 Å². The number of rotatable bonds is 3. The molecule has 0 saturated heterocycles. The van der Waals surface area contributed by atoms with Gasteiger partial charge in [0.1, 0.15) is 4.60 Å². The summed E-state index contributed by atoms with van der Waals surface area (Å²) < 4.78 is 23.5. The van der Waals surface area contributed by atoms with Crippen molar-refractivity contribution in [3.63, 3.8) is 0 Å². The predicted molar refractivity (Wildman–Crippen MR) is 79.4 cm³/mol. The van der Waals surface area contributed by atoms with Crippen LogP contribution in [-0.4, -0.2) is 25.6 Å². The van der Waals surface area contributed by atoms with Crippen molar-refractivity contribution < 1.29 is 13.2 Å². The summed E-state index contributed by atoms with van der Waals surface area (Å²) in [6.45, 7) is 0. The van der Waals surface area contributed by atoms with Gasteiger partial charge in [0.05, 0.1) is 4.90 Å². The number of halogens is 1. The van der Waals surface area contributed by atoms with Crippen LogP contribution in [0.4, 0.5) is 5.69 Å². The Hall–Kier alpha value is -1.73. The van der Waals surface area contributed by atoms with E-state index in [1.165, 1.54) is 18.3 Å². The molecule has 0 aliphatic carbocycles. The highest BCUT2D eigenvalue weighted by Crippen LogP contribution is 2.16. The lowest BCUT2D eigenvalue weighted by atomic mass is 10.2. The number of hydrogen-bond donors (Lipinski definition) is 1. The number of pyridine rings is 1. The number of benzene rings is 1. The predicted octanol–water partition coefficient (Wildman–Crippen LogP) is 2.50. The molecule has 0 spiro atoms. The van der Waals surface area contributed by atoms with Gasteiger partial charge in [-0.25, -0.2) is 13.4 Å². The van der Waals surface area contributed by atoms with Crippen LogP contribution in [0.3, 0.4) is 0 Å². The number of carbonyl (C=O) groups is 1. The average Bonchev–Trinajstić information content (AvgIpc) is 2.38. The SMILES string of the molecule is CS(=O)(=O)c1cccc(NC(=O)c2ccnc(Br)c2)c1. The van der Waals surface area contributed by atoms with Gasteiger partial charge in [0, 0.05) is 23.7 Å². The molecule has 0 fully saturated rings. The number of amides is 1. The van der Waals surface area contributed by atoms with E-state index in [9.17, 15) is 13.2 Å². The van der Waals surface area contributed by atoms with Gasteiger partial charge in [-0.15, -0.1) is 0 Å². The zero-order valence-corrected chi connectivity index (χ0v) is 12.9. The van der Waals surface area contributed by atoms with E-state index < -0.39 is 9.84 Å². The lowest BCUT2D eigenvalue weighted by molar-refractivity contribution is 0.102. The third kappa shape index (κ3) is 3.64. The number of nitrogens with one attached hydrogen (secondary N) is 1. The minimum absolute atomic E-state index is 0.159. The number of sulfone groups is 1. The molecule has 0 unspecified atom stereocenters. The lowest BCUT2D eigenvalue weighted by Gasteiger charge is -2.07. The molecule has 1 aromatic carbocycles. The minimum Gasteiger partial charge on any atom is -0.322 e. The molecule has 104 valence electrons. The molecule has 1 N–H and O–H groups in total. The summed E-state index contributed by atoms with van der Waals surface area (Å²) in [6, 6.07) is 9.25. The highest BCUT2D eigenvalue weighted by atomic mass is 79.9. The number of hydrogen-bond acceptors (Lipinski definition) is 4. The van der Waals surface area contributed by atoms with Crippen molar-refractivity contribution in [3.05, 3.63) is 52.8 Å². The van der Waals surface area contributed by atoms with Crippen LogP contribution in [0.25, 0.3) is 0 Å². The molecule has 0 saturated carbocycles. The third-order valence-corrected chi connectivity index (χ3v) is 4.05. The molecule has 0 bridgehead atoms. The van der Waals surface area contributed by atoms with Crippen molar-refractivity contribution in [2.45, 2.75) is 4.90 Å². The molecule has 2 rings (SSSR count). The van der Waals surface area contributed by atoms with Gasteiger partial charge in [0.2, 0.25) is 0 Å². The van der Waals surface area contributed by atoms with Crippen molar-refractivity contribution in [2.75, 3.05) is 11.6 Å². The van der Waals surface area contributed by atoms with Crippen LogP contribution in [0, 0.1) is 0 Å². The second-order valence-corrected chi connectivity index (χ2v) is 6.95. The van der Waals surface area contributed by atoms with Crippen LogP contribution >= 0.6 is 15.9 Å². The van der Waals surface area contributed by atoms with Crippen molar-refractivity contribution in [3.8, 4) is 0 Å². The monoisotopic (exact) mass is 354 g/mol. The van der Waals surface area contributed by atoms with Crippen molar-refractivity contribution >= 4 is 37.4 Å². The second kappa shape index (κ2) is 5.72. The fraction of sp³-hybridized carbons (Fsp3) is 0.0769. The van der Waals surface area contributed by atoms with Gasteiger partial charge < -0.3 is 5.32 Å². The Kier molecular flexibility index (Phi) is 4.20. The van der Waals surface area contributed by atoms with Crippen LogP contribution in [0.5, 0.6) is 0 Å². The molecule has 7 heteroatoms. The normalized spacial score (nSPS) is 11.1. The van der Waals surface area contributed by atoms with E-state index in [0.717, 1.165) is 6.26 Å². The van der Waals surface area contributed by atoms with Crippen LogP contribution in [0.1, 0.15) is 10.4 Å². The standard InChI is InChI=1S/C13H11BrN2O3S/c1-20(18,19)11-4-2-3-10(8-11)16-13(17)9-5-6-15-12(14)7-9/h2-8H,1H3,(H,16,17). The molecular formula is C13H11BrN2O3S. The fourth-order valence-corrected chi connectivity index (χ4v) is 2.58. The first-order valence-electron chi connectivity index (χ1n) is 5.59. The van der Waals surface area contributed by atoms with E-state index in [-0.39, 0.29) is 10.8 Å². The summed E-state index contributed by atoms with van der Waals surface area (Å²) in [7, 11) is -3.30. The Balaban J connectivity index is 2.25. The summed E-state index contributed by atoms with van der Waals surface area (Å²) in [5.74, 6) is -0.334. The molecule has 0 aliphatic heterocycles. The van der Waals surface area contributed by atoms with E-state index in [1.807, 2.05) is 0 Å².